The van der Waals surface area contributed by atoms with Crippen LogP contribution in [0.3, 0.4) is 0 Å². The average Bonchev–Trinajstić information content (AvgIpc) is 2.34. The molecule has 0 aromatic rings. The van der Waals surface area contributed by atoms with Crippen LogP contribution in [-0.2, 0) is 4.79 Å². The summed E-state index contributed by atoms with van der Waals surface area (Å²) in [5.74, 6) is -0.137. The zero-order valence-electron chi connectivity index (χ0n) is 10.7. The van der Waals surface area contributed by atoms with E-state index in [0.717, 1.165) is 5.71 Å². The molecular weight excluding hydrogens is 226 g/mol. The van der Waals surface area contributed by atoms with Crippen LogP contribution >= 0.6 is 0 Å². The molecule has 1 heterocycles. The zero-order chi connectivity index (χ0) is 13.7. The minimum absolute atomic E-state index is 0.0450. The van der Waals surface area contributed by atoms with Crippen LogP contribution in [0.4, 0.5) is 0 Å². The summed E-state index contributed by atoms with van der Waals surface area (Å²) in [5, 5.41) is 9.40. The highest BCUT2D eigenvalue weighted by Gasteiger charge is 2.21. The maximum Gasteiger partial charge on any atom is 0.184 e. The molecule has 0 radical (unpaired) electrons. The fourth-order valence-corrected chi connectivity index (χ4v) is 1.61. The van der Waals surface area contributed by atoms with Crippen LogP contribution in [0.2, 0.25) is 0 Å². The van der Waals surface area contributed by atoms with Gasteiger partial charge in [0.05, 0.1) is 0 Å². The molecule has 0 bridgehead atoms. The summed E-state index contributed by atoms with van der Waals surface area (Å²) in [6, 6.07) is -0.582. The Labute approximate surface area is 107 Å². The number of aliphatic hydroxyl groups excluding tert-OH is 1. The molecule has 1 aliphatic heterocycles. The monoisotopic (exact) mass is 243 g/mol. The van der Waals surface area contributed by atoms with Crippen LogP contribution in [-0.4, -0.2) is 22.6 Å². The van der Waals surface area contributed by atoms with Gasteiger partial charge in [-0.2, -0.15) is 0 Å². The van der Waals surface area contributed by atoms with Gasteiger partial charge in [-0.05, 0) is 37.6 Å². The van der Waals surface area contributed by atoms with Crippen LogP contribution in [0.5, 0.6) is 0 Å². The Morgan fingerprint density at radius 1 is 1.50 bits per heavy atom. The third-order valence-electron chi connectivity index (χ3n) is 2.61. The second-order valence-corrected chi connectivity index (χ2v) is 3.95. The van der Waals surface area contributed by atoms with Crippen molar-refractivity contribution < 1.29 is 9.90 Å². The van der Waals surface area contributed by atoms with Gasteiger partial charge in [0.25, 0.3) is 0 Å². The number of nitrogens with zero attached hydrogens (tertiary/aromatic N) is 1. The molecule has 1 rings (SSSR count). The molecule has 18 heavy (non-hydrogen) atoms. The van der Waals surface area contributed by atoms with E-state index in [1.165, 1.54) is 6.08 Å². The van der Waals surface area contributed by atoms with Crippen molar-refractivity contribution >= 4 is 11.5 Å². The first-order valence-corrected chi connectivity index (χ1v) is 5.64. The van der Waals surface area contributed by atoms with Gasteiger partial charge in [0.15, 0.2) is 5.78 Å². The van der Waals surface area contributed by atoms with Crippen molar-refractivity contribution in [1.82, 2.24) is 0 Å². The third-order valence-corrected chi connectivity index (χ3v) is 2.61. The third kappa shape index (κ3) is 3.17. The van der Waals surface area contributed by atoms with Crippen LogP contribution in [0.15, 0.2) is 65.4 Å². The quantitative estimate of drug-likeness (QED) is 0.609. The Morgan fingerprint density at radius 3 is 2.67 bits per heavy atom. The van der Waals surface area contributed by atoms with Crippen molar-refractivity contribution in [2.24, 2.45) is 4.99 Å². The van der Waals surface area contributed by atoms with E-state index in [0.29, 0.717) is 11.1 Å². The maximum atomic E-state index is 11.8. The summed E-state index contributed by atoms with van der Waals surface area (Å²) in [6.07, 6.45) is 8.15. The number of aliphatic imine (C=N–C) groups is 1. The van der Waals surface area contributed by atoms with Gasteiger partial charge in [0, 0.05) is 11.3 Å². The van der Waals surface area contributed by atoms with E-state index in [4.69, 9.17) is 0 Å². The Bertz CT molecular complexity index is 505. The summed E-state index contributed by atoms with van der Waals surface area (Å²) >= 11 is 0. The largest absolute Gasteiger partial charge is 0.508 e. The van der Waals surface area contributed by atoms with Crippen LogP contribution in [0.25, 0.3) is 0 Å². The minimum atomic E-state index is -0.582. The first-order valence-electron chi connectivity index (χ1n) is 5.64. The predicted octanol–water partition coefficient (Wildman–Crippen LogP) is 3.09. The second-order valence-electron chi connectivity index (χ2n) is 3.95. The summed E-state index contributed by atoms with van der Waals surface area (Å²) < 4.78 is 0. The van der Waals surface area contributed by atoms with E-state index in [2.05, 4.69) is 18.2 Å². The Morgan fingerprint density at radius 2 is 2.17 bits per heavy atom. The van der Waals surface area contributed by atoms with Crippen molar-refractivity contribution in [3.8, 4) is 0 Å². The highest BCUT2D eigenvalue weighted by atomic mass is 16.3. The maximum absolute atomic E-state index is 11.8. The molecule has 1 unspecified atom stereocenters. The fourth-order valence-electron chi connectivity index (χ4n) is 1.61. The molecule has 1 N–H and O–H groups in total. The predicted molar refractivity (Wildman–Crippen MR) is 74.8 cm³/mol. The highest BCUT2D eigenvalue weighted by Crippen LogP contribution is 2.18. The Kier molecular flexibility index (Phi) is 4.60. The number of hydrogen-bond acceptors (Lipinski definition) is 3. The van der Waals surface area contributed by atoms with E-state index in [1.807, 2.05) is 6.92 Å². The Hall–Kier alpha value is -2.16. The lowest BCUT2D eigenvalue weighted by atomic mass is 9.97. The molecule has 94 valence electrons. The summed E-state index contributed by atoms with van der Waals surface area (Å²) in [4.78, 5) is 16.1. The van der Waals surface area contributed by atoms with Crippen molar-refractivity contribution in [2.75, 3.05) is 0 Å². The van der Waals surface area contributed by atoms with Gasteiger partial charge >= 0.3 is 0 Å². The first-order chi connectivity index (χ1) is 8.49. The number of hydrogen-bond donors (Lipinski definition) is 1. The first kappa shape index (κ1) is 13.9. The normalized spacial score (nSPS) is 20.7. The fraction of sp³-hybridized carbons (Fsp3) is 0.200. The molecular formula is C15H17NO2. The standard InChI is InChI=1S/C15H17NO2/c1-5-12(11(4)17)9-13(6-2)15-14(18)8-7-10(3)16-15/h5-9,15,17H,2,4H2,1,3H3/b12-5+,13-9+. The van der Waals surface area contributed by atoms with Gasteiger partial charge in [0.1, 0.15) is 11.8 Å². The molecule has 0 spiro atoms. The molecule has 0 saturated heterocycles. The number of aliphatic hydroxyl groups is 1. The second kappa shape index (κ2) is 5.96. The molecule has 1 atom stereocenters. The molecule has 0 amide bonds. The molecule has 0 saturated carbocycles. The highest BCUT2D eigenvalue weighted by molar-refractivity contribution is 6.08. The molecule has 1 aliphatic rings. The zero-order valence-corrected chi connectivity index (χ0v) is 10.7. The lowest BCUT2D eigenvalue weighted by Gasteiger charge is -2.15. The SMILES string of the molecule is C=C/C(=C\C(=C/C)C(=C)O)C1N=C(C)C=CC1=O. The van der Waals surface area contributed by atoms with Crippen LogP contribution in [0, 0.1) is 0 Å². The van der Waals surface area contributed by atoms with E-state index < -0.39 is 6.04 Å². The van der Waals surface area contributed by atoms with E-state index >= 15 is 0 Å². The number of rotatable bonds is 4. The van der Waals surface area contributed by atoms with Gasteiger partial charge < -0.3 is 5.11 Å². The van der Waals surface area contributed by atoms with Gasteiger partial charge in [0.2, 0.25) is 0 Å². The number of ketones is 1. The summed E-state index contributed by atoms with van der Waals surface area (Å²) in [7, 11) is 0. The minimum Gasteiger partial charge on any atom is -0.508 e. The topological polar surface area (TPSA) is 49.7 Å². The lowest BCUT2D eigenvalue weighted by molar-refractivity contribution is -0.115. The lowest BCUT2D eigenvalue weighted by Crippen LogP contribution is -2.23. The molecule has 3 heteroatoms. The van der Waals surface area contributed by atoms with Gasteiger partial charge in [-0.25, -0.2) is 0 Å². The molecule has 0 fully saturated rings. The smallest absolute Gasteiger partial charge is 0.184 e. The summed E-state index contributed by atoms with van der Waals surface area (Å²) in [6.45, 7) is 10.8. The molecule has 0 aromatic carbocycles. The summed E-state index contributed by atoms with van der Waals surface area (Å²) in [5.41, 5.74) is 1.99. The number of carbonyl (C=O) groups excluding carboxylic acids is 1. The molecule has 0 aliphatic carbocycles. The van der Waals surface area contributed by atoms with Crippen LogP contribution in [0.1, 0.15) is 13.8 Å². The number of carbonyl (C=O) groups is 1. The average molecular weight is 243 g/mol. The van der Waals surface area contributed by atoms with Gasteiger partial charge in [-0.15, -0.1) is 0 Å². The van der Waals surface area contributed by atoms with E-state index in [1.54, 1.807) is 31.2 Å². The van der Waals surface area contributed by atoms with Gasteiger partial charge in [-0.3, -0.25) is 9.79 Å². The van der Waals surface area contributed by atoms with Crippen LogP contribution < -0.4 is 0 Å². The van der Waals surface area contributed by atoms with E-state index in [-0.39, 0.29) is 11.5 Å². The van der Waals surface area contributed by atoms with Gasteiger partial charge in [-0.1, -0.05) is 25.3 Å². The van der Waals surface area contributed by atoms with E-state index in [9.17, 15) is 9.90 Å². The number of allylic oxidation sites excluding steroid dienone is 3. The number of dihydropyridines is 1. The van der Waals surface area contributed by atoms with Crippen molar-refractivity contribution in [1.29, 1.82) is 0 Å². The van der Waals surface area contributed by atoms with Crippen molar-refractivity contribution in [3.63, 3.8) is 0 Å². The van der Waals surface area contributed by atoms with Crippen molar-refractivity contribution in [3.05, 3.63) is 60.4 Å². The molecule has 3 nitrogen and oxygen atoms in total. The molecule has 0 aromatic heterocycles. The Balaban J connectivity index is 3.15. The van der Waals surface area contributed by atoms with Crippen molar-refractivity contribution in [2.45, 2.75) is 19.9 Å².